The Kier molecular flexibility index (Phi) is 27.8. The molecule has 0 radical (unpaired) electrons. The molecule has 25 heteroatoms. The van der Waals surface area contributed by atoms with Crippen LogP contribution >= 0.6 is 0 Å². The molecule has 0 unspecified atom stereocenters. The van der Waals surface area contributed by atoms with Crippen molar-refractivity contribution in [3.63, 3.8) is 0 Å². The monoisotopic (exact) mass is 1540 g/mol. The van der Waals surface area contributed by atoms with Crippen LogP contribution in [0.3, 0.4) is 0 Å². The van der Waals surface area contributed by atoms with E-state index in [0.717, 1.165) is 127 Å². The highest BCUT2D eigenvalue weighted by atomic mass is 28.3. The van der Waals surface area contributed by atoms with Crippen LogP contribution in [0.2, 0.25) is 51.4 Å². The lowest BCUT2D eigenvalue weighted by molar-refractivity contribution is -0.796. The molecule has 2 N–H and O–H groups in total. The Morgan fingerprint density at radius 3 is 1.13 bits per heavy atom. The number of halogens is 9. The van der Waals surface area contributed by atoms with Crippen LogP contribution in [0.1, 0.15) is 169 Å². The van der Waals surface area contributed by atoms with E-state index in [1.54, 1.807) is 57.2 Å². The molecule has 0 saturated heterocycles. The molecule has 0 bridgehead atoms. The van der Waals surface area contributed by atoms with Crippen LogP contribution in [0.15, 0.2) is 146 Å². The third kappa shape index (κ3) is 24.5. The molecule has 3 aliphatic carbocycles. The fourth-order valence-electron chi connectivity index (χ4n) is 14.8. The summed E-state index contributed by atoms with van der Waals surface area (Å²) in [6, 6.07) is 49.3. The molecular weight excluding hydrogens is 1440 g/mol. The van der Waals surface area contributed by atoms with Crippen LogP contribution in [0, 0.1) is 17.8 Å². The van der Waals surface area contributed by atoms with Gasteiger partial charge in [0, 0.05) is 65.3 Å². The lowest BCUT2D eigenvalue weighted by Crippen LogP contribution is -2.44. The summed E-state index contributed by atoms with van der Waals surface area (Å²) in [7, 11) is -2.66. The molecule has 0 spiro atoms. The van der Waals surface area contributed by atoms with Gasteiger partial charge in [-0.05, 0) is 213 Å². The quantitative estimate of drug-likeness (QED) is 0.0242. The number of H-pyrrole nitrogens is 2. The van der Waals surface area contributed by atoms with Gasteiger partial charge in [-0.25, -0.2) is 14.6 Å². The Morgan fingerprint density at radius 1 is 0.440 bits per heavy atom. The summed E-state index contributed by atoms with van der Waals surface area (Å²) in [5.41, 5.74) is 11.7. The summed E-state index contributed by atoms with van der Waals surface area (Å²) in [6.45, 7) is 18.9. The third-order valence-corrected chi connectivity index (χ3v) is 24.3. The van der Waals surface area contributed by atoms with Crippen molar-refractivity contribution in [1.29, 1.82) is 0 Å². The number of carbonyl (C=O) groups excluding carboxylic acids is 3. The van der Waals surface area contributed by atoms with Gasteiger partial charge in [0.05, 0.1) is 0 Å². The van der Waals surface area contributed by atoms with Crippen LogP contribution < -0.4 is 4.68 Å². The first-order valence-corrected chi connectivity index (χ1v) is 45.3. The van der Waals surface area contributed by atoms with Gasteiger partial charge in [-0.15, -0.1) is 9.78 Å². The molecule has 0 amide bonds. The number of benzene rings is 6. The summed E-state index contributed by atoms with van der Waals surface area (Å²) in [5, 5.41) is 12.1. The van der Waals surface area contributed by atoms with E-state index >= 15 is 0 Å². The molecule has 9 aromatic rings. The van der Waals surface area contributed by atoms with E-state index in [-0.39, 0.29) is 48.3 Å². The van der Waals surface area contributed by atoms with Crippen molar-refractivity contribution in [3.8, 4) is 67.5 Å². The normalized spacial score (nSPS) is 18.6. The maximum atomic E-state index is 13.6. The molecule has 0 aliphatic heterocycles. The third-order valence-electron chi connectivity index (χ3n) is 20.9. The highest BCUT2D eigenvalue weighted by Crippen LogP contribution is 2.42. The topological polar surface area (TPSA) is 175 Å². The zero-order chi connectivity index (χ0) is 78.4. The van der Waals surface area contributed by atoms with E-state index in [0.29, 0.717) is 84.7 Å². The van der Waals surface area contributed by atoms with Crippen molar-refractivity contribution in [3.05, 3.63) is 180 Å². The predicted octanol–water partition coefficient (Wildman–Crippen LogP) is 22.2. The second-order valence-electron chi connectivity index (χ2n) is 32.2. The Bertz CT molecular complexity index is 4410. The number of carbonyl (C=O) groups is 3. The standard InChI is InChI=1S/2C30H38F3N3O2Si.C24H24F3N3O/c1-21(37)19-22-5-7-23(8-6-22)24-9-11-25(12-10-24)26-13-15-27(16-14-26)28-34-29(30(31,32)33)35-36(28)20-38-17-18-39(2,3)4;1-21(37)19-22-5-7-23(8-6-22)24-9-11-25(12-10-24)26-13-15-27(16-14-26)28-34-29(30(31,32)33)36(35-28)20-38-17-18-39(2,3)4;1-15(31)14-16-2-4-17(5-3-16)18-6-8-19(9-7-18)20-10-12-21(13-11-20)22-28-23(30-29-22)24(25,26)27/h2*9-16,22-23H,5-8,17-20H2,1-4H3;6-13,16-17H,2-5,14H2,1H3,(H,28,29,30)/p+1. The summed E-state index contributed by atoms with van der Waals surface area (Å²) in [6.07, 6.45) is 1.58. The number of rotatable bonds is 25. The molecule has 582 valence electrons. The number of hydrogen-bond acceptors (Lipinski definition) is 10. The molecule has 3 saturated carbocycles. The van der Waals surface area contributed by atoms with Crippen LogP contribution in [0.4, 0.5) is 39.5 Å². The minimum Gasteiger partial charge on any atom is -0.359 e. The number of Topliss-reactive ketones (excluding diaryl/α,β-unsaturated/α-hetero) is 3. The van der Waals surface area contributed by atoms with Crippen molar-refractivity contribution in [2.24, 2.45) is 17.8 Å². The van der Waals surface area contributed by atoms with E-state index in [1.807, 2.05) is 41.5 Å². The lowest BCUT2D eigenvalue weighted by Gasteiger charge is -2.28. The summed E-state index contributed by atoms with van der Waals surface area (Å²) < 4.78 is 132. The Morgan fingerprint density at radius 2 is 0.789 bits per heavy atom. The number of ketones is 3. The average molecular weight is 1540 g/mol. The minimum absolute atomic E-state index is 0.0228. The van der Waals surface area contributed by atoms with Crippen LogP contribution in [-0.2, 0) is 55.8 Å². The SMILES string of the molecule is CC(=O)CC1CCC(c2ccc(-c3ccc(-c4n[nH]c(C(F)(F)F)n4)cc3)cc2)CC1.CC(=O)CC1CCC(c2ccc(-c3ccc(-c4nc(C(F)(F)F)[n+](COCC[Si](C)(C)C)[nH]4)cc3)cc2)CC1.CC(=O)CC1CCC(c2ccc(-c3ccc(-c4nc(C(F)(F)F)nn4COCC[Si](C)(C)C)cc3)cc2)CC1. The van der Waals surface area contributed by atoms with Gasteiger partial charge in [0.25, 0.3) is 11.6 Å². The van der Waals surface area contributed by atoms with E-state index in [9.17, 15) is 53.9 Å². The first-order valence-electron chi connectivity index (χ1n) is 37.9. The molecule has 109 heavy (non-hydrogen) atoms. The smallest absolute Gasteiger partial charge is 0.359 e. The molecule has 0 atom stereocenters. The number of nitrogens with one attached hydrogen (secondary N) is 2. The number of aromatic amines is 2. The highest BCUT2D eigenvalue weighted by molar-refractivity contribution is 6.76. The Hall–Kier alpha value is -8.53. The van der Waals surface area contributed by atoms with E-state index in [1.165, 1.54) is 21.4 Å². The van der Waals surface area contributed by atoms with Crippen molar-refractivity contribution in [1.82, 2.24) is 40.0 Å². The van der Waals surface area contributed by atoms with Gasteiger partial charge in [0.2, 0.25) is 12.6 Å². The molecule has 3 aliphatic rings. The minimum atomic E-state index is -4.63. The van der Waals surface area contributed by atoms with Crippen LogP contribution in [0.25, 0.3) is 67.5 Å². The van der Waals surface area contributed by atoms with Crippen molar-refractivity contribution < 1.29 is 68.1 Å². The van der Waals surface area contributed by atoms with Gasteiger partial charge in [-0.2, -0.15) is 49.7 Å². The first kappa shape index (κ1) is 83.0. The second-order valence-corrected chi connectivity index (χ2v) is 43.5. The Balaban J connectivity index is 0.000000175. The molecule has 14 nitrogen and oxygen atoms in total. The fourth-order valence-corrected chi connectivity index (χ4v) is 16.3. The number of aromatic nitrogens is 9. The number of hydrogen-bond donors (Lipinski definition) is 2. The molecule has 3 aromatic heterocycles. The van der Waals surface area contributed by atoms with Crippen molar-refractivity contribution in [2.45, 2.75) is 218 Å². The molecule has 3 fully saturated rings. The maximum absolute atomic E-state index is 13.6. The van der Waals surface area contributed by atoms with Crippen LogP contribution in [0.5, 0.6) is 0 Å². The molecule has 6 aromatic carbocycles. The largest absolute Gasteiger partial charge is 0.501 e. The van der Waals surface area contributed by atoms with E-state index in [4.69, 9.17) is 9.47 Å². The zero-order valence-corrected chi connectivity index (χ0v) is 65.7. The lowest BCUT2D eigenvalue weighted by atomic mass is 9.77. The summed E-state index contributed by atoms with van der Waals surface area (Å²) in [4.78, 5) is 45.3. The first-order chi connectivity index (χ1) is 51.6. The number of ether oxygens (including phenoxy) is 2. The summed E-state index contributed by atoms with van der Waals surface area (Å²) >= 11 is 0. The summed E-state index contributed by atoms with van der Waals surface area (Å²) in [5.74, 6) is 1.04. The van der Waals surface area contributed by atoms with Gasteiger partial charge < -0.3 is 23.9 Å². The van der Waals surface area contributed by atoms with Crippen molar-refractivity contribution in [2.75, 3.05) is 13.2 Å². The number of nitrogens with zero attached hydrogens (tertiary/aromatic N) is 7. The van der Waals surface area contributed by atoms with E-state index in [2.05, 4.69) is 142 Å². The molecular formula is C84H101F9N9O5Si2+. The highest BCUT2D eigenvalue weighted by Gasteiger charge is 2.47. The molecule has 3 heterocycles. The zero-order valence-electron chi connectivity index (χ0n) is 63.7. The second kappa shape index (κ2) is 36.5. The van der Waals surface area contributed by atoms with Gasteiger partial charge in [-0.3, -0.25) is 5.10 Å². The Labute approximate surface area is 634 Å². The van der Waals surface area contributed by atoms with Gasteiger partial charge in [0.15, 0.2) is 11.6 Å². The molecule has 12 rings (SSSR count). The average Bonchev–Trinajstić information content (AvgIpc) is 1.67. The van der Waals surface area contributed by atoms with E-state index < -0.39 is 52.1 Å². The fraction of sp³-hybridized carbons (Fsp3) is 0.464. The van der Waals surface area contributed by atoms with Crippen molar-refractivity contribution >= 4 is 33.5 Å². The number of alkyl halides is 9. The maximum Gasteiger partial charge on any atom is 0.501 e. The van der Waals surface area contributed by atoms with Gasteiger partial charge in [-0.1, -0.05) is 173 Å². The van der Waals surface area contributed by atoms with Gasteiger partial charge in [0.1, 0.15) is 24.1 Å². The van der Waals surface area contributed by atoms with Crippen LogP contribution in [-0.4, -0.2) is 86.7 Å². The predicted molar refractivity (Wildman–Crippen MR) is 411 cm³/mol. The van der Waals surface area contributed by atoms with Gasteiger partial charge >= 0.3 is 24.4 Å².